The van der Waals surface area contributed by atoms with E-state index in [1.54, 1.807) is 13.2 Å². The van der Waals surface area contributed by atoms with Gasteiger partial charge in [0.25, 0.3) is 0 Å². The molecule has 0 aliphatic heterocycles. The van der Waals surface area contributed by atoms with Crippen molar-refractivity contribution >= 4 is 22.6 Å². The lowest BCUT2D eigenvalue weighted by Gasteiger charge is -2.31. The molecule has 1 aromatic carbocycles. The molecule has 0 N–H and O–H groups in total. The molecule has 0 saturated carbocycles. The van der Waals surface area contributed by atoms with E-state index >= 15 is 0 Å². The van der Waals surface area contributed by atoms with E-state index < -0.39 is 16.6 Å². The molecule has 0 radical (unpaired) electrons. The van der Waals surface area contributed by atoms with E-state index in [9.17, 15) is 4.79 Å². The fraction of sp³-hybridized carbons (Fsp3) is 0.588. The lowest BCUT2D eigenvalue weighted by molar-refractivity contribution is -0.132. The largest absolute Gasteiger partial charge is 0.493 e. The molecular weight excluding hydrogens is 324 g/mol. The molecule has 0 spiro atoms. The number of rotatable bonds is 8. The third kappa shape index (κ3) is 7.81. The first-order valence-corrected chi connectivity index (χ1v) is 14.6. The third-order valence-electron chi connectivity index (χ3n) is 3.31. The molecule has 23 heavy (non-hydrogen) atoms. The van der Waals surface area contributed by atoms with Crippen molar-refractivity contribution in [2.45, 2.75) is 58.5 Å². The topological polar surface area (TPSA) is 44.8 Å². The first-order valence-electron chi connectivity index (χ1n) is 8.08. The van der Waals surface area contributed by atoms with Gasteiger partial charge in [-0.1, -0.05) is 6.07 Å². The van der Waals surface area contributed by atoms with Crippen molar-refractivity contribution in [2.24, 2.45) is 0 Å². The van der Waals surface area contributed by atoms with Crippen LogP contribution in [0.25, 0.3) is 0 Å². The second kappa shape index (κ2) is 8.12. The maximum absolute atomic E-state index is 11.1. The van der Waals surface area contributed by atoms with Crippen LogP contribution in [-0.2, 0) is 15.3 Å². The predicted molar refractivity (Wildman–Crippen MR) is 99.3 cm³/mol. The van der Waals surface area contributed by atoms with Crippen LogP contribution in [0.15, 0.2) is 18.2 Å². The maximum atomic E-state index is 11.1. The van der Waals surface area contributed by atoms with Crippen molar-refractivity contribution in [3.63, 3.8) is 0 Å². The molecule has 0 aliphatic rings. The number of aryl methyl sites for hydroxylation is 1. The average Bonchev–Trinajstić information content (AvgIpc) is 2.36. The molecule has 0 amide bonds. The Morgan fingerprint density at radius 3 is 2.26 bits per heavy atom. The van der Waals surface area contributed by atoms with Gasteiger partial charge >= 0.3 is 5.97 Å². The third-order valence-corrected chi connectivity index (χ3v) is 9.53. The summed E-state index contributed by atoms with van der Waals surface area (Å²) < 4.78 is 16.8. The summed E-state index contributed by atoms with van der Waals surface area (Å²) in [5.74, 6) is 0.736. The highest BCUT2D eigenvalue weighted by Gasteiger charge is 2.28. The van der Waals surface area contributed by atoms with Crippen LogP contribution in [0.1, 0.15) is 18.9 Å². The summed E-state index contributed by atoms with van der Waals surface area (Å²) in [5.41, 5.74) is 1.19. The van der Waals surface area contributed by atoms with Crippen LogP contribution in [0.3, 0.4) is 0 Å². The van der Waals surface area contributed by atoms with Crippen molar-refractivity contribution in [1.29, 1.82) is 0 Å². The standard InChI is InChI=1S/C17H30O4Si2/c1-14(18)20-16-11-10-15(13-17(16)19-2)9-8-12-23(6,7)21-22(3,4)5/h10-11,13H,8-9,12H2,1-7H3. The lowest BCUT2D eigenvalue weighted by Crippen LogP contribution is -2.42. The Labute approximate surface area is 142 Å². The summed E-state index contributed by atoms with van der Waals surface area (Å²) in [6, 6.07) is 6.89. The number of carbonyl (C=O) groups excluding carboxylic acids is 1. The first kappa shape index (κ1) is 19.9. The summed E-state index contributed by atoms with van der Waals surface area (Å²) in [7, 11) is -1.47. The Balaban J connectivity index is 2.63. The molecule has 0 aromatic heterocycles. The Hall–Kier alpha value is -1.12. The fourth-order valence-corrected chi connectivity index (χ4v) is 10.8. The maximum Gasteiger partial charge on any atom is 0.308 e. The average molecular weight is 355 g/mol. The van der Waals surface area contributed by atoms with E-state index in [2.05, 4.69) is 32.7 Å². The number of hydrogen-bond acceptors (Lipinski definition) is 4. The summed E-state index contributed by atoms with van der Waals surface area (Å²) in [5, 5.41) is 0. The van der Waals surface area contributed by atoms with E-state index in [-0.39, 0.29) is 5.97 Å². The van der Waals surface area contributed by atoms with Crippen LogP contribution in [-0.4, -0.2) is 29.7 Å². The molecule has 1 aromatic rings. The highest BCUT2D eigenvalue weighted by molar-refractivity contribution is 6.84. The molecule has 0 heterocycles. The van der Waals surface area contributed by atoms with E-state index in [4.69, 9.17) is 13.6 Å². The molecule has 6 heteroatoms. The predicted octanol–water partition coefficient (Wildman–Crippen LogP) is 4.61. The Kier molecular flexibility index (Phi) is 7.04. The van der Waals surface area contributed by atoms with Crippen molar-refractivity contribution in [3.8, 4) is 11.5 Å². The van der Waals surface area contributed by atoms with Gasteiger partial charge in [0.1, 0.15) is 0 Å². The molecule has 0 aliphatic carbocycles. The smallest absolute Gasteiger partial charge is 0.308 e. The van der Waals surface area contributed by atoms with Crippen LogP contribution in [0.2, 0.25) is 38.8 Å². The molecule has 0 saturated heterocycles. The fourth-order valence-electron chi connectivity index (χ4n) is 2.70. The van der Waals surface area contributed by atoms with Gasteiger partial charge < -0.3 is 13.6 Å². The number of benzene rings is 1. The number of methoxy groups -OCH3 is 1. The van der Waals surface area contributed by atoms with E-state index in [0.717, 1.165) is 18.9 Å². The molecule has 1 rings (SSSR count). The van der Waals surface area contributed by atoms with Crippen LogP contribution < -0.4 is 9.47 Å². The molecular formula is C17H30O4Si2. The SMILES string of the molecule is COc1cc(CCC[Si](C)(C)O[Si](C)(C)C)ccc1OC(C)=O. The minimum atomic E-state index is -1.59. The first-order chi connectivity index (χ1) is 10.5. The van der Waals surface area contributed by atoms with Gasteiger partial charge in [-0.2, -0.15) is 0 Å². The van der Waals surface area contributed by atoms with Crippen molar-refractivity contribution in [3.05, 3.63) is 23.8 Å². The number of ether oxygens (including phenoxy) is 2. The zero-order valence-corrected chi connectivity index (χ0v) is 17.5. The van der Waals surface area contributed by atoms with Crippen molar-refractivity contribution in [1.82, 2.24) is 0 Å². The monoisotopic (exact) mass is 354 g/mol. The van der Waals surface area contributed by atoms with Gasteiger partial charge in [-0.05, 0) is 69.3 Å². The van der Waals surface area contributed by atoms with Gasteiger partial charge in [-0.25, -0.2) is 0 Å². The van der Waals surface area contributed by atoms with Crippen LogP contribution in [0.4, 0.5) is 0 Å². The molecule has 0 bridgehead atoms. The zero-order chi connectivity index (χ0) is 17.7. The van der Waals surface area contributed by atoms with Crippen LogP contribution >= 0.6 is 0 Å². The summed E-state index contributed by atoms with van der Waals surface area (Å²) in [4.78, 5) is 11.1. The van der Waals surface area contributed by atoms with Gasteiger partial charge in [0.05, 0.1) is 7.11 Å². The summed E-state index contributed by atoms with van der Waals surface area (Å²) in [6.45, 7) is 12.7. The second-order valence-electron chi connectivity index (χ2n) is 7.41. The lowest BCUT2D eigenvalue weighted by atomic mass is 10.1. The Morgan fingerprint density at radius 1 is 1.09 bits per heavy atom. The van der Waals surface area contributed by atoms with E-state index in [1.807, 2.05) is 12.1 Å². The molecule has 0 unspecified atom stereocenters. The number of esters is 1. The number of hydrogen-bond donors (Lipinski definition) is 0. The van der Waals surface area contributed by atoms with E-state index in [1.165, 1.54) is 12.5 Å². The van der Waals surface area contributed by atoms with Crippen molar-refractivity contribution in [2.75, 3.05) is 7.11 Å². The van der Waals surface area contributed by atoms with Gasteiger partial charge in [0.15, 0.2) is 28.1 Å². The molecule has 0 atom stereocenters. The quantitative estimate of drug-likeness (QED) is 0.388. The minimum absolute atomic E-state index is 0.340. The normalized spacial score (nSPS) is 12.1. The highest BCUT2D eigenvalue weighted by atomic mass is 28.4. The summed E-state index contributed by atoms with van der Waals surface area (Å²) >= 11 is 0. The Morgan fingerprint density at radius 2 is 1.74 bits per heavy atom. The molecule has 4 nitrogen and oxygen atoms in total. The van der Waals surface area contributed by atoms with Gasteiger partial charge in [-0.3, -0.25) is 4.79 Å². The van der Waals surface area contributed by atoms with Gasteiger partial charge in [-0.15, -0.1) is 0 Å². The molecule has 0 fully saturated rings. The van der Waals surface area contributed by atoms with Crippen LogP contribution in [0.5, 0.6) is 11.5 Å². The van der Waals surface area contributed by atoms with E-state index in [0.29, 0.717) is 11.5 Å². The van der Waals surface area contributed by atoms with Crippen molar-refractivity contribution < 1.29 is 18.4 Å². The zero-order valence-electron chi connectivity index (χ0n) is 15.5. The summed E-state index contributed by atoms with van der Waals surface area (Å²) in [6.07, 6.45) is 2.07. The van der Waals surface area contributed by atoms with Crippen LogP contribution in [0, 0.1) is 0 Å². The molecule has 130 valence electrons. The second-order valence-corrected chi connectivity index (χ2v) is 16.5. The van der Waals surface area contributed by atoms with Gasteiger partial charge in [0.2, 0.25) is 0 Å². The minimum Gasteiger partial charge on any atom is -0.493 e. The van der Waals surface area contributed by atoms with Gasteiger partial charge in [0, 0.05) is 6.92 Å². The Bertz CT molecular complexity index is 536. The highest BCUT2D eigenvalue weighted by Crippen LogP contribution is 2.29. The number of carbonyl (C=O) groups is 1.